The molecule has 1 saturated carbocycles. The molecule has 100 valence electrons. The van der Waals surface area contributed by atoms with Crippen molar-refractivity contribution in [2.45, 2.75) is 31.6 Å². The molecule has 0 bridgehead atoms. The highest BCUT2D eigenvalue weighted by molar-refractivity contribution is 4.96. The molecule has 0 radical (unpaired) electrons. The average Bonchev–Trinajstić information content (AvgIpc) is 2.61. The molecule has 1 aliphatic carbocycles. The van der Waals surface area contributed by atoms with Crippen LogP contribution in [0.4, 0.5) is 0 Å². The third-order valence-corrected chi connectivity index (χ3v) is 3.33. The first-order valence-corrected chi connectivity index (χ1v) is 5.62. The summed E-state index contributed by atoms with van der Waals surface area (Å²) in [6.45, 7) is 1.15. The van der Waals surface area contributed by atoms with Gasteiger partial charge in [-0.3, -0.25) is 9.78 Å². The van der Waals surface area contributed by atoms with Gasteiger partial charge in [-0.15, -0.1) is 0 Å². The monoisotopic (exact) mass is 257 g/mol. The number of hydrogen-bond donors (Lipinski definition) is 4. The normalized spacial score (nSPS) is 31.8. The van der Waals surface area contributed by atoms with E-state index in [4.69, 9.17) is 5.11 Å². The molecule has 1 heterocycles. The van der Waals surface area contributed by atoms with Gasteiger partial charge in [0, 0.05) is 12.5 Å². The minimum absolute atomic E-state index is 0.101. The summed E-state index contributed by atoms with van der Waals surface area (Å²) in [4.78, 5) is 24.9. The lowest BCUT2D eigenvalue weighted by Crippen LogP contribution is -2.40. The fourth-order valence-corrected chi connectivity index (χ4v) is 2.24. The number of aliphatic hydroxyl groups is 3. The lowest BCUT2D eigenvalue weighted by molar-refractivity contribution is -0.00616. The smallest absolute Gasteiger partial charge is 0.345 e. The molecule has 1 aromatic rings. The van der Waals surface area contributed by atoms with Crippen LogP contribution in [0.15, 0.2) is 9.59 Å². The van der Waals surface area contributed by atoms with Crippen molar-refractivity contribution in [1.29, 1.82) is 0 Å². The van der Waals surface area contributed by atoms with Crippen LogP contribution >= 0.6 is 0 Å². The second-order valence-corrected chi connectivity index (χ2v) is 4.52. The van der Waals surface area contributed by atoms with Crippen LogP contribution in [0, 0.1) is 12.8 Å². The lowest BCUT2D eigenvalue weighted by atomic mass is 10.1. The van der Waals surface area contributed by atoms with E-state index < -0.39 is 35.4 Å². The second kappa shape index (κ2) is 4.63. The zero-order chi connectivity index (χ0) is 13.4. The molecule has 0 spiro atoms. The standard InChI is InChI=1S/C10H15N3O5/c1-4-9(17)11-10(18)13(12-4)6-2-5(3-14)7(15)8(6)16/h5-8,14-16H,2-3H2,1H3,(H,11,17,18)/t5-,6-,7-,8+/m1/s1. The summed E-state index contributed by atoms with van der Waals surface area (Å²) in [6.07, 6.45) is -2.09. The molecule has 1 aliphatic rings. The molecular weight excluding hydrogens is 242 g/mol. The van der Waals surface area contributed by atoms with Gasteiger partial charge in [-0.05, 0) is 13.3 Å². The fourth-order valence-electron chi connectivity index (χ4n) is 2.24. The molecule has 0 aromatic carbocycles. The lowest BCUT2D eigenvalue weighted by Gasteiger charge is -2.17. The third-order valence-electron chi connectivity index (χ3n) is 3.33. The molecule has 8 nitrogen and oxygen atoms in total. The molecule has 0 unspecified atom stereocenters. The summed E-state index contributed by atoms with van der Waals surface area (Å²) in [7, 11) is 0. The topological polar surface area (TPSA) is 128 Å². The van der Waals surface area contributed by atoms with E-state index >= 15 is 0 Å². The Balaban J connectivity index is 2.42. The van der Waals surface area contributed by atoms with E-state index in [9.17, 15) is 19.8 Å². The second-order valence-electron chi connectivity index (χ2n) is 4.52. The van der Waals surface area contributed by atoms with E-state index in [0.29, 0.717) is 0 Å². The maximum Gasteiger partial charge on any atom is 0.345 e. The predicted octanol–water partition coefficient (Wildman–Crippen LogP) is -2.48. The number of nitrogens with one attached hydrogen (secondary N) is 1. The third kappa shape index (κ3) is 1.98. The van der Waals surface area contributed by atoms with Gasteiger partial charge >= 0.3 is 5.69 Å². The Morgan fingerprint density at radius 1 is 1.39 bits per heavy atom. The summed E-state index contributed by atoms with van der Waals surface area (Å²) >= 11 is 0. The van der Waals surface area contributed by atoms with E-state index in [-0.39, 0.29) is 18.7 Å². The minimum atomic E-state index is -1.20. The zero-order valence-electron chi connectivity index (χ0n) is 9.78. The molecule has 1 fully saturated rings. The molecule has 1 aromatic heterocycles. The van der Waals surface area contributed by atoms with Crippen molar-refractivity contribution in [1.82, 2.24) is 14.8 Å². The number of aromatic amines is 1. The Bertz CT molecular complexity index is 551. The van der Waals surface area contributed by atoms with Crippen molar-refractivity contribution >= 4 is 0 Å². The quantitative estimate of drug-likeness (QED) is 0.464. The van der Waals surface area contributed by atoms with E-state index in [0.717, 1.165) is 4.68 Å². The number of hydrogen-bond acceptors (Lipinski definition) is 6. The van der Waals surface area contributed by atoms with Crippen molar-refractivity contribution in [3.63, 3.8) is 0 Å². The van der Waals surface area contributed by atoms with Gasteiger partial charge in [0.15, 0.2) is 0 Å². The van der Waals surface area contributed by atoms with Crippen LogP contribution in [0.25, 0.3) is 0 Å². The van der Waals surface area contributed by atoms with Crippen molar-refractivity contribution < 1.29 is 15.3 Å². The van der Waals surface area contributed by atoms with Gasteiger partial charge in [-0.1, -0.05) is 0 Å². The summed E-state index contributed by atoms with van der Waals surface area (Å²) in [5.41, 5.74) is -1.22. The molecule has 18 heavy (non-hydrogen) atoms. The van der Waals surface area contributed by atoms with Crippen LogP contribution in [-0.2, 0) is 0 Å². The molecule has 4 atom stereocenters. The van der Waals surface area contributed by atoms with Gasteiger partial charge in [-0.2, -0.15) is 5.10 Å². The largest absolute Gasteiger partial charge is 0.396 e. The highest BCUT2D eigenvalue weighted by atomic mass is 16.3. The molecule has 8 heteroatoms. The fraction of sp³-hybridized carbons (Fsp3) is 0.700. The van der Waals surface area contributed by atoms with Gasteiger partial charge < -0.3 is 15.3 Å². The Morgan fingerprint density at radius 3 is 2.61 bits per heavy atom. The van der Waals surface area contributed by atoms with Crippen LogP contribution in [0.1, 0.15) is 18.2 Å². The maximum atomic E-state index is 11.6. The van der Waals surface area contributed by atoms with Crippen LogP contribution in [-0.4, -0.2) is 48.9 Å². The van der Waals surface area contributed by atoms with Crippen molar-refractivity contribution in [3.8, 4) is 0 Å². The average molecular weight is 257 g/mol. The Kier molecular flexibility index (Phi) is 3.33. The summed E-state index contributed by atoms with van der Waals surface area (Å²) in [6, 6.07) is -0.750. The molecule has 0 amide bonds. The van der Waals surface area contributed by atoms with Crippen LogP contribution < -0.4 is 11.2 Å². The van der Waals surface area contributed by atoms with E-state index in [1.165, 1.54) is 6.92 Å². The first-order chi connectivity index (χ1) is 8.45. The maximum absolute atomic E-state index is 11.6. The predicted molar refractivity (Wildman–Crippen MR) is 60.1 cm³/mol. The van der Waals surface area contributed by atoms with Gasteiger partial charge in [0.2, 0.25) is 0 Å². The SMILES string of the molecule is Cc1nn([C@@H]2C[C@H](CO)[C@@H](O)[C@H]2O)c(=O)[nH]c1=O. The van der Waals surface area contributed by atoms with Crippen molar-refractivity contribution in [2.75, 3.05) is 6.61 Å². The molecule has 4 N–H and O–H groups in total. The Labute approximate surface area is 102 Å². The van der Waals surface area contributed by atoms with Crippen molar-refractivity contribution in [3.05, 3.63) is 26.5 Å². The van der Waals surface area contributed by atoms with Crippen LogP contribution in [0.5, 0.6) is 0 Å². The van der Waals surface area contributed by atoms with Gasteiger partial charge in [0.1, 0.15) is 11.8 Å². The summed E-state index contributed by atoms with van der Waals surface area (Å²) < 4.78 is 0.959. The molecule has 2 rings (SSSR count). The highest BCUT2D eigenvalue weighted by Gasteiger charge is 2.43. The first-order valence-electron chi connectivity index (χ1n) is 5.62. The summed E-state index contributed by atoms with van der Waals surface area (Å²) in [5, 5.41) is 32.4. The number of aromatic nitrogens is 3. The van der Waals surface area contributed by atoms with E-state index in [1.54, 1.807) is 0 Å². The first kappa shape index (κ1) is 12.9. The molecule has 0 saturated heterocycles. The van der Waals surface area contributed by atoms with Crippen LogP contribution in [0.3, 0.4) is 0 Å². The van der Waals surface area contributed by atoms with Crippen molar-refractivity contribution in [2.24, 2.45) is 5.92 Å². The number of aryl methyl sites for hydroxylation is 1. The van der Waals surface area contributed by atoms with Gasteiger partial charge in [0.25, 0.3) is 5.56 Å². The summed E-state index contributed by atoms with van der Waals surface area (Å²) in [5.74, 6) is -0.508. The zero-order valence-corrected chi connectivity index (χ0v) is 9.78. The van der Waals surface area contributed by atoms with E-state index in [2.05, 4.69) is 10.1 Å². The highest BCUT2D eigenvalue weighted by Crippen LogP contribution is 2.33. The number of nitrogens with zero attached hydrogens (tertiary/aromatic N) is 2. The molecule has 0 aliphatic heterocycles. The minimum Gasteiger partial charge on any atom is -0.396 e. The number of H-pyrrole nitrogens is 1. The van der Waals surface area contributed by atoms with E-state index in [1.807, 2.05) is 0 Å². The Morgan fingerprint density at radius 2 is 2.06 bits per heavy atom. The van der Waals surface area contributed by atoms with Crippen LogP contribution in [0.2, 0.25) is 0 Å². The van der Waals surface area contributed by atoms with Gasteiger partial charge in [-0.25, -0.2) is 9.48 Å². The molecular formula is C10H15N3O5. The number of aliphatic hydroxyl groups excluding tert-OH is 3. The Hall–Kier alpha value is -1.51. The van der Waals surface area contributed by atoms with Gasteiger partial charge in [0.05, 0.1) is 12.1 Å². The number of rotatable bonds is 2.